The van der Waals surface area contributed by atoms with Gasteiger partial charge in [-0.25, -0.2) is 0 Å². The van der Waals surface area contributed by atoms with Crippen LogP contribution in [0.15, 0.2) is 0 Å². The Labute approximate surface area is 166 Å². The Morgan fingerprint density at radius 2 is 1.59 bits per heavy atom. The Hall–Kier alpha value is -0.900. The number of ketones is 1. The first-order chi connectivity index (χ1) is 12.2. The molecule has 1 aliphatic rings. The van der Waals surface area contributed by atoms with E-state index in [-0.39, 0.29) is 41.0 Å². The van der Waals surface area contributed by atoms with Gasteiger partial charge in [-0.1, -0.05) is 55.4 Å². The molecule has 1 saturated heterocycles. The van der Waals surface area contributed by atoms with Gasteiger partial charge in [-0.3, -0.25) is 9.59 Å². The predicted octanol–water partition coefficient (Wildman–Crippen LogP) is 4.87. The smallest absolute Gasteiger partial charge is 0.316 e. The highest BCUT2D eigenvalue weighted by Crippen LogP contribution is 2.34. The number of hydrogen-bond donors (Lipinski definition) is 1. The molecule has 1 heterocycles. The lowest BCUT2D eigenvalue weighted by molar-refractivity contribution is -0.162. The molecule has 4 nitrogen and oxygen atoms in total. The van der Waals surface area contributed by atoms with Crippen molar-refractivity contribution in [3.8, 4) is 0 Å². The van der Waals surface area contributed by atoms with Crippen LogP contribution in [0.4, 0.5) is 0 Å². The molecule has 0 aliphatic carbocycles. The van der Waals surface area contributed by atoms with Gasteiger partial charge in [0.25, 0.3) is 0 Å². The monoisotopic (exact) mass is 382 g/mol. The minimum Gasteiger partial charge on any atom is -0.461 e. The third-order valence-electron chi connectivity index (χ3n) is 6.63. The molecule has 0 aromatic rings. The number of cyclic esters (lactones) is 1. The lowest BCUT2D eigenvalue weighted by Crippen LogP contribution is -2.40. The summed E-state index contributed by atoms with van der Waals surface area (Å²) in [4.78, 5) is 25.5. The molecule has 8 atom stereocenters. The van der Waals surface area contributed by atoms with Crippen LogP contribution in [0, 0.1) is 40.9 Å². The zero-order valence-corrected chi connectivity index (χ0v) is 18.9. The van der Waals surface area contributed by atoms with Crippen molar-refractivity contribution in [2.75, 3.05) is 0 Å². The maximum atomic E-state index is 12.8. The van der Waals surface area contributed by atoms with Gasteiger partial charge < -0.3 is 9.84 Å². The number of carbonyl (C=O) groups is 2. The number of carbonyl (C=O) groups excluding carboxylic acids is 2. The Bertz CT molecular complexity index is 507. The molecule has 0 saturated carbocycles. The summed E-state index contributed by atoms with van der Waals surface area (Å²) in [5.41, 5.74) is 0.103. The van der Waals surface area contributed by atoms with Crippen LogP contribution in [0.5, 0.6) is 0 Å². The zero-order chi connectivity index (χ0) is 21.1. The topological polar surface area (TPSA) is 63.6 Å². The predicted molar refractivity (Wildman–Crippen MR) is 109 cm³/mol. The molecule has 0 aromatic carbocycles. The summed E-state index contributed by atoms with van der Waals surface area (Å²) in [6.07, 6.45) is 1.30. The van der Waals surface area contributed by atoms with Gasteiger partial charge in [0.05, 0.1) is 6.10 Å². The molecule has 7 unspecified atom stereocenters. The number of rotatable bonds is 2. The van der Waals surface area contributed by atoms with E-state index in [2.05, 4.69) is 48.5 Å². The number of hydrogen-bond acceptors (Lipinski definition) is 4. The average Bonchev–Trinajstić information content (AvgIpc) is 2.55. The molecule has 27 heavy (non-hydrogen) atoms. The highest BCUT2D eigenvalue weighted by molar-refractivity contribution is 5.99. The fraction of sp³-hybridized carbons (Fsp3) is 0.913. The second-order valence-corrected chi connectivity index (χ2v) is 10.5. The normalized spacial score (nSPS) is 38.5. The first-order valence-electron chi connectivity index (χ1n) is 10.7. The van der Waals surface area contributed by atoms with Crippen molar-refractivity contribution in [3.05, 3.63) is 0 Å². The third-order valence-corrected chi connectivity index (χ3v) is 6.63. The fourth-order valence-corrected chi connectivity index (χ4v) is 4.44. The van der Waals surface area contributed by atoms with E-state index < -0.39 is 18.0 Å². The second kappa shape index (κ2) is 9.54. The van der Waals surface area contributed by atoms with Crippen LogP contribution in [0.25, 0.3) is 0 Å². The molecule has 1 rings (SSSR count). The highest BCUT2D eigenvalue weighted by Gasteiger charge is 2.37. The molecule has 1 aliphatic heterocycles. The molecule has 0 spiro atoms. The third kappa shape index (κ3) is 6.89. The summed E-state index contributed by atoms with van der Waals surface area (Å²) in [5, 5.41) is 10.8. The quantitative estimate of drug-likeness (QED) is 0.546. The van der Waals surface area contributed by atoms with Crippen LogP contribution in [0.1, 0.15) is 81.6 Å². The summed E-state index contributed by atoms with van der Waals surface area (Å²) in [7, 11) is 0. The van der Waals surface area contributed by atoms with Gasteiger partial charge >= 0.3 is 5.97 Å². The van der Waals surface area contributed by atoms with E-state index in [1.54, 1.807) is 6.92 Å². The van der Waals surface area contributed by atoms with Crippen molar-refractivity contribution in [2.24, 2.45) is 40.9 Å². The van der Waals surface area contributed by atoms with Crippen LogP contribution < -0.4 is 0 Å². The maximum absolute atomic E-state index is 12.8. The SMILES string of the molecule is CC1CC(C)C(C)C(C)C(=O)[C@@H](C)C(=O)OC(C(C)CC(C)(C)C)CC1O. The molecule has 0 aromatic heterocycles. The number of ether oxygens (including phenoxy) is 1. The molecule has 4 heteroatoms. The van der Waals surface area contributed by atoms with E-state index in [1.807, 2.05) is 6.92 Å². The van der Waals surface area contributed by atoms with Gasteiger partial charge in [0.2, 0.25) is 0 Å². The first kappa shape index (κ1) is 24.1. The molecule has 1 N–H and O–H groups in total. The zero-order valence-electron chi connectivity index (χ0n) is 18.9. The molecule has 0 bridgehead atoms. The van der Waals surface area contributed by atoms with E-state index in [1.165, 1.54) is 0 Å². The molecule has 1 fully saturated rings. The molecular weight excluding hydrogens is 340 g/mol. The molecular formula is C23H42O4. The number of esters is 1. The fourth-order valence-electron chi connectivity index (χ4n) is 4.44. The van der Waals surface area contributed by atoms with Gasteiger partial charge in [-0.05, 0) is 48.9 Å². The molecule has 158 valence electrons. The number of aliphatic hydroxyl groups is 1. The Morgan fingerprint density at radius 3 is 2.11 bits per heavy atom. The van der Waals surface area contributed by atoms with Crippen LogP contribution >= 0.6 is 0 Å². The average molecular weight is 383 g/mol. The van der Waals surface area contributed by atoms with Crippen molar-refractivity contribution < 1.29 is 19.4 Å². The number of Topliss-reactive ketones (excluding diaryl/α,β-unsaturated/α-hetero) is 1. The lowest BCUT2D eigenvalue weighted by atomic mass is 9.74. The summed E-state index contributed by atoms with van der Waals surface area (Å²) in [6.45, 7) is 18.4. The van der Waals surface area contributed by atoms with Crippen molar-refractivity contribution in [1.82, 2.24) is 0 Å². The first-order valence-corrected chi connectivity index (χ1v) is 10.7. The van der Waals surface area contributed by atoms with Gasteiger partial charge in [0, 0.05) is 12.3 Å². The minimum atomic E-state index is -0.757. The van der Waals surface area contributed by atoms with E-state index >= 15 is 0 Å². The van der Waals surface area contributed by atoms with Gasteiger partial charge in [-0.15, -0.1) is 0 Å². The summed E-state index contributed by atoms with van der Waals surface area (Å²) >= 11 is 0. The Morgan fingerprint density at radius 1 is 1.04 bits per heavy atom. The van der Waals surface area contributed by atoms with Crippen molar-refractivity contribution in [3.63, 3.8) is 0 Å². The van der Waals surface area contributed by atoms with Crippen LogP contribution in [0.2, 0.25) is 0 Å². The second-order valence-electron chi connectivity index (χ2n) is 10.5. The highest BCUT2D eigenvalue weighted by atomic mass is 16.5. The van der Waals surface area contributed by atoms with E-state index in [9.17, 15) is 14.7 Å². The van der Waals surface area contributed by atoms with Gasteiger partial charge in [0.15, 0.2) is 0 Å². The van der Waals surface area contributed by atoms with Gasteiger partial charge in [-0.2, -0.15) is 0 Å². The van der Waals surface area contributed by atoms with Crippen LogP contribution in [-0.2, 0) is 14.3 Å². The van der Waals surface area contributed by atoms with Crippen molar-refractivity contribution >= 4 is 11.8 Å². The summed E-state index contributed by atoms with van der Waals surface area (Å²) < 4.78 is 5.82. The Kier molecular flexibility index (Phi) is 8.53. The maximum Gasteiger partial charge on any atom is 0.316 e. The largest absolute Gasteiger partial charge is 0.461 e. The standard InChI is InChI=1S/C23H42O4/c1-13-10-14(2)19(24)11-20(15(3)12-23(7,8)9)27-22(26)18(6)21(25)17(5)16(13)4/h13-20,24H,10-12H2,1-9H3/t13?,14?,15?,16?,17?,18-,19?,20?/m1/s1. The number of aliphatic hydroxyl groups excluding tert-OH is 1. The van der Waals surface area contributed by atoms with E-state index in [0.717, 1.165) is 12.8 Å². The summed E-state index contributed by atoms with van der Waals surface area (Å²) in [5.74, 6) is -0.739. The summed E-state index contributed by atoms with van der Waals surface area (Å²) in [6, 6.07) is 0. The van der Waals surface area contributed by atoms with Crippen molar-refractivity contribution in [2.45, 2.75) is 93.8 Å². The minimum absolute atomic E-state index is 0.0321. The van der Waals surface area contributed by atoms with Crippen molar-refractivity contribution in [1.29, 1.82) is 0 Å². The molecule has 0 amide bonds. The van der Waals surface area contributed by atoms with E-state index in [4.69, 9.17) is 4.74 Å². The molecule has 0 radical (unpaired) electrons. The Balaban J connectivity index is 3.14. The van der Waals surface area contributed by atoms with E-state index in [0.29, 0.717) is 12.3 Å². The van der Waals surface area contributed by atoms with Gasteiger partial charge in [0.1, 0.15) is 17.8 Å². The van der Waals surface area contributed by atoms with Crippen LogP contribution in [0.3, 0.4) is 0 Å². The van der Waals surface area contributed by atoms with Crippen LogP contribution in [-0.4, -0.2) is 29.1 Å². The lowest BCUT2D eigenvalue weighted by Gasteiger charge is -2.35.